The summed E-state index contributed by atoms with van der Waals surface area (Å²) < 4.78 is 37.0. The maximum Gasteiger partial charge on any atom is 0.416 e. The molecule has 1 rings (SSSR count). The highest BCUT2D eigenvalue weighted by Crippen LogP contribution is 2.30. The fraction of sp³-hybridized carbons (Fsp3) is 0.538. The van der Waals surface area contributed by atoms with Crippen LogP contribution in [0.4, 0.5) is 13.2 Å². The van der Waals surface area contributed by atoms with Crippen LogP contribution in [0.25, 0.3) is 0 Å². The summed E-state index contributed by atoms with van der Waals surface area (Å²) in [5.41, 5.74) is 0.417. The van der Waals surface area contributed by atoms with Crippen molar-refractivity contribution in [1.82, 2.24) is 0 Å². The first-order valence-electron chi connectivity index (χ1n) is 5.62. The number of hydrogen-bond donors (Lipinski definition) is 0. The van der Waals surface area contributed by atoms with Crippen LogP contribution in [0.1, 0.15) is 50.2 Å². The quantitative estimate of drug-likeness (QED) is 0.682. The van der Waals surface area contributed by atoms with Crippen LogP contribution in [0.15, 0.2) is 24.3 Å². The zero-order valence-electron chi connectivity index (χ0n) is 9.64. The minimum atomic E-state index is -4.23. The normalized spacial score (nSPS) is 13.8. The van der Waals surface area contributed by atoms with Crippen LogP contribution in [0.3, 0.4) is 0 Å². The van der Waals surface area contributed by atoms with Gasteiger partial charge >= 0.3 is 6.18 Å². The van der Waals surface area contributed by atoms with Crippen molar-refractivity contribution in [3.63, 3.8) is 0 Å². The zero-order valence-corrected chi connectivity index (χ0v) is 9.64. The van der Waals surface area contributed by atoms with Gasteiger partial charge in [0.1, 0.15) is 0 Å². The predicted molar refractivity (Wildman–Crippen MR) is 59.4 cm³/mol. The summed E-state index contributed by atoms with van der Waals surface area (Å²) in [7, 11) is 0. The standard InChI is InChI=1S/C13H17F3/c1-3-4-5-10(2)11-6-8-12(9-7-11)13(14,15)16/h6-10H,3-5H2,1-2H3. The van der Waals surface area contributed by atoms with Gasteiger partial charge in [0, 0.05) is 0 Å². The number of alkyl halides is 3. The van der Waals surface area contributed by atoms with Gasteiger partial charge in [0.2, 0.25) is 0 Å². The first kappa shape index (κ1) is 13.1. The van der Waals surface area contributed by atoms with E-state index in [1.807, 2.05) is 0 Å². The van der Waals surface area contributed by atoms with Gasteiger partial charge in [0.05, 0.1) is 5.56 Å². The lowest BCUT2D eigenvalue weighted by molar-refractivity contribution is -0.137. The van der Waals surface area contributed by atoms with E-state index in [9.17, 15) is 13.2 Å². The third-order valence-electron chi connectivity index (χ3n) is 2.80. The molecular formula is C13H17F3. The molecule has 0 bridgehead atoms. The van der Waals surface area contributed by atoms with Gasteiger partial charge < -0.3 is 0 Å². The van der Waals surface area contributed by atoms with Crippen molar-refractivity contribution in [3.8, 4) is 0 Å². The van der Waals surface area contributed by atoms with Crippen molar-refractivity contribution in [2.24, 2.45) is 0 Å². The minimum absolute atomic E-state index is 0.335. The average Bonchev–Trinajstić information content (AvgIpc) is 2.25. The molecule has 1 atom stereocenters. The second kappa shape index (κ2) is 5.37. The summed E-state index contributed by atoms with van der Waals surface area (Å²) in [6.45, 7) is 4.16. The molecule has 0 saturated carbocycles. The van der Waals surface area contributed by atoms with Gasteiger partial charge in [0.15, 0.2) is 0 Å². The molecule has 0 nitrogen and oxygen atoms in total. The Morgan fingerprint density at radius 2 is 1.69 bits per heavy atom. The van der Waals surface area contributed by atoms with Crippen molar-refractivity contribution in [2.45, 2.75) is 45.2 Å². The highest BCUT2D eigenvalue weighted by Gasteiger charge is 2.30. The van der Waals surface area contributed by atoms with Gasteiger partial charge in [-0.3, -0.25) is 0 Å². The maximum atomic E-state index is 12.3. The van der Waals surface area contributed by atoms with Crippen LogP contribution in [0, 0.1) is 0 Å². The van der Waals surface area contributed by atoms with Crippen LogP contribution in [-0.2, 0) is 6.18 Å². The summed E-state index contributed by atoms with van der Waals surface area (Å²) in [6, 6.07) is 5.50. The van der Waals surface area contributed by atoms with Crippen molar-refractivity contribution in [3.05, 3.63) is 35.4 Å². The topological polar surface area (TPSA) is 0 Å². The van der Waals surface area contributed by atoms with Crippen molar-refractivity contribution >= 4 is 0 Å². The summed E-state index contributed by atoms with van der Waals surface area (Å²) in [5, 5.41) is 0. The molecule has 3 heteroatoms. The highest BCUT2D eigenvalue weighted by atomic mass is 19.4. The lowest BCUT2D eigenvalue weighted by Gasteiger charge is -2.12. The van der Waals surface area contributed by atoms with Gasteiger partial charge in [-0.25, -0.2) is 0 Å². The molecule has 0 aliphatic carbocycles. The van der Waals surface area contributed by atoms with Gasteiger partial charge in [-0.15, -0.1) is 0 Å². The first-order valence-corrected chi connectivity index (χ1v) is 5.62. The number of benzene rings is 1. The first-order chi connectivity index (χ1) is 7.45. The molecular weight excluding hydrogens is 213 g/mol. The van der Waals surface area contributed by atoms with E-state index in [1.165, 1.54) is 0 Å². The molecule has 0 saturated heterocycles. The fourth-order valence-electron chi connectivity index (χ4n) is 1.68. The van der Waals surface area contributed by atoms with Crippen molar-refractivity contribution < 1.29 is 13.2 Å². The smallest absolute Gasteiger partial charge is 0.166 e. The third-order valence-corrected chi connectivity index (χ3v) is 2.80. The number of rotatable bonds is 4. The van der Waals surface area contributed by atoms with E-state index >= 15 is 0 Å². The largest absolute Gasteiger partial charge is 0.416 e. The lowest BCUT2D eigenvalue weighted by atomic mass is 9.95. The highest BCUT2D eigenvalue weighted by molar-refractivity contribution is 5.26. The number of hydrogen-bond acceptors (Lipinski definition) is 0. The van der Waals surface area contributed by atoms with Gasteiger partial charge in [-0.1, -0.05) is 38.8 Å². The fourth-order valence-corrected chi connectivity index (χ4v) is 1.68. The summed E-state index contributed by atoms with van der Waals surface area (Å²) >= 11 is 0. The van der Waals surface area contributed by atoms with Crippen LogP contribution in [-0.4, -0.2) is 0 Å². The predicted octanol–water partition coefficient (Wildman–Crippen LogP) is 5.00. The molecule has 0 aliphatic rings. The van der Waals surface area contributed by atoms with E-state index < -0.39 is 11.7 Å². The second-order valence-corrected chi connectivity index (χ2v) is 4.16. The maximum absolute atomic E-state index is 12.3. The molecule has 0 spiro atoms. The molecule has 1 aromatic carbocycles. The number of halogens is 3. The van der Waals surface area contributed by atoms with Gasteiger partial charge in [0.25, 0.3) is 0 Å². The van der Waals surface area contributed by atoms with E-state index in [0.29, 0.717) is 5.92 Å². The molecule has 0 aliphatic heterocycles. The molecule has 0 fully saturated rings. The van der Waals surface area contributed by atoms with Crippen LogP contribution >= 0.6 is 0 Å². The summed E-state index contributed by atoms with van der Waals surface area (Å²) in [5.74, 6) is 0.335. The zero-order chi connectivity index (χ0) is 12.2. The molecule has 1 aromatic rings. The Bertz CT molecular complexity index is 311. The molecule has 90 valence electrons. The Morgan fingerprint density at radius 1 is 1.12 bits per heavy atom. The Kier molecular flexibility index (Phi) is 4.39. The Morgan fingerprint density at radius 3 is 2.12 bits per heavy atom. The van der Waals surface area contributed by atoms with Gasteiger partial charge in [-0.2, -0.15) is 13.2 Å². The van der Waals surface area contributed by atoms with E-state index in [1.54, 1.807) is 12.1 Å². The minimum Gasteiger partial charge on any atom is -0.166 e. The Labute approximate surface area is 94.5 Å². The summed E-state index contributed by atoms with van der Waals surface area (Å²) in [6.07, 6.45) is -0.972. The lowest BCUT2D eigenvalue weighted by Crippen LogP contribution is -2.05. The van der Waals surface area contributed by atoms with E-state index in [0.717, 1.165) is 37.0 Å². The SMILES string of the molecule is CCCCC(C)c1ccc(C(F)(F)F)cc1. The van der Waals surface area contributed by atoms with Crippen LogP contribution in [0.5, 0.6) is 0 Å². The molecule has 0 radical (unpaired) electrons. The van der Waals surface area contributed by atoms with Gasteiger partial charge in [-0.05, 0) is 30.0 Å². The molecule has 1 unspecified atom stereocenters. The Hall–Kier alpha value is -0.990. The average molecular weight is 230 g/mol. The van der Waals surface area contributed by atoms with E-state index in [-0.39, 0.29) is 0 Å². The molecule has 16 heavy (non-hydrogen) atoms. The molecule has 0 N–H and O–H groups in total. The molecule has 0 heterocycles. The number of unbranched alkanes of at least 4 members (excludes halogenated alkanes) is 1. The van der Waals surface area contributed by atoms with Crippen LogP contribution < -0.4 is 0 Å². The molecule has 0 aromatic heterocycles. The van der Waals surface area contributed by atoms with E-state index in [2.05, 4.69) is 13.8 Å². The summed E-state index contributed by atoms with van der Waals surface area (Å²) in [4.78, 5) is 0. The monoisotopic (exact) mass is 230 g/mol. The van der Waals surface area contributed by atoms with E-state index in [4.69, 9.17) is 0 Å². The second-order valence-electron chi connectivity index (χ2n) is 4.16. The Balaban J connectivity index is 2.71. The van der Waals surface area contributed by atoms with Crippen molar-refractivity contribution in [2.75, 3.05) is 0 Å². The van der Waals surface area contributed by atoms with Crippen molar-refractivity contribution in [1.29, 1.82) is 0 Å². The molecule has 0 amide bonds. The van der Waals surface area contributed by atoms with Crippen LogP contribution in [0.2, 0.25) is 0 Å². The third kappa shape index (κ3) is 3.54.